The Labute approximate surface area is 80.3 Å². The Morgan fingerprint density at radius 1 is 1.54 bits per heavy atom. The van der Waals surface area contributed by atoms with Gasteiger partial charge in [-0.15, -0.1) is 0 Å². The Hall–Kier alpha value is -0.410. The quantitative estimate of drug-likeness (QED) is 0.677. The third kappa shape index (κ3) is 3.87. The number of carbonyl (C=O) groups excluding carboxylic acids is 1. The van der Waals surface area contributed by atoms with Crippen molar-refractivity contribution in [3.63, 3.8) is 0 Å². The first-order chi connectivity index (χ1) is 5.81. The van der Waals surface area contributed by atoms with Crippen molar-refractivity contribution in [2.24, 2.45) is 11.7 Å². The van der Waals surface area contributed by atoms with Crippen molar-refractivity contribution in [1.82, 2.24) is 0 Å². The van der Waals surface area contributed by atoms with E-state index in [0.717, 1.165) is 0 Å². The minimum Gasteiger partial charge on any atom is -0.382 e. The fourth-order valence-corrected chi connectivity index (χ4v) is 1.19. The highest BCUT2D eigenvalue weighted by atomic mass is 16.3. The molecule has 0 saturated carbocycles. The van der Waals surface area contributed by atoms with Crippen molar-refractivity contribution in [1.29, 1.82) is 0 Å². The second-order valence-corrected chi connectivity index (χ2v) is 4.23. The third-order valence-corrected chi connectivity index (χ3v) is 2.28. The molecule has 78 valence electrons. The number of aliphatic hydroxyl groups is 1. The van der Waals surface area contributed by atoms with Gasteiger partial charge in [-0.3, -0.25) is 4.79 Å². The summed E-state index contributed by atoms with van der Waals surface area (Å²) in [5, 5.41) is 9.65. The summed E-state index contributed by atoms with van der Waals surface area (Å²) >= 11 is 0. The minimum atomic E-state index is -1.26. The number of carbonyl (C=O) groups is 1. The first-order valence-corrected chi connectivity index (χ1v) is 4.83. The van der Waals surface area contributed by atoms with Gasteiger partial charge in [0.05, 0.1) is 6.04 Å². The number of hydrogen-bond donors (Lipinski definition) is 2. The monoisotopic (exact) mass is 187 g/mol. The molecule has 0 spiro atoms. The molecule has 0 amide bonds. The summed E-state index contributed by atoms with van der Waals surface area (Å²) in [6, 6.07) is -0.532. The predicted octanol–water partition coefficient (Wildman–Crippen LogP) is 1.09. The standard InChI is InChI=1S/C10H21NO2/c1-5-10(4,13)9(12)8(11)6-7(2)3/h7-8,13H,5-6,11H2,1-4H3/t8-,10+/m0/s1. The summed E-state index contributed by atoms with van der Waals surface area (Å²) in [7, 11) is 0. The van der Waals surface area contributed by atoms with E-state index in [9.17, 15) is 9.90 Å². The molecule has 0 saturated heterocycles. The largest absolute Gasteiger partial charge is 0.382 e. The molecule has 0 bridgehead atoms. The normalized spacial score (nSPS) is 18.4. The van der Waals surface area contributed by atoms with Gasteiger partial charge in [0.1, 0.15) is 5.60 Å². The topological polar surface area (TPSA) is 63.3 Å². The van der Waals surface area contributed by atoms with Gasteiger partial charge in [0.25, 0.3) is 0 Å². The van der Waals surface area contributed by atoms with Gasteiger partial charge in [-0.2, -0.15) is 0 Å². The molecule has 0 heterocycles. The van der Waals surface area contributed by atoms with Crippen LogP contribution in [0.2, 0.25) is 0 Å². The number of hydrogen-bond acceptors (Lipinski definition) is 3. The summed E-state index contributed by atoms with van der Waals surface area (Å²) < 4.78 is 0. The molecule has 0 rings (SSSR count). The van der Waals surface area contributed by atoms with Crippen molar-refractivity contribution in [3.8, 4) is 0 Å². The lowest BCUT2D eigenvalue weighted by molar-refractivity contribution is -0.137. The first-order valence-electron chi connectivity index (χ1n) is 4.83. The van der Waals surface area contributed by atoms with E-state index in [0.29, 0.717) is 18.8 Å². The highest BCUT2D eigenvalue weighted by Gasteiger charge is 2.32. The Bertz CT molecular complexity index is 176. The van der Waals surface area contributed by atoms with Crippen LogP contribution >= 0.6 is 0 Å². The molecule has 0 fully saturated rings. The van der Waals surface area contributed by atoms with Crippen molar-refractivity contribution < 1.29 is 9.90 Å². The zero-order valence-corrected chi connectivity index (χ0v) is 9.00. The Balaban J connectivity index is 4.25. The average molecular weight is 187 g/mol. The van der Waals surface area contributed by atoms with Gasteiger partial charge >= 0.3 is 0 Å². The predicted molar refractivity (Wildman–Crippen MR) is 53.4 cm³/mol. The number of ketones is 1. The number of Topliss-reactive ketones (excluding diaryl/α,β-unsaturated/α-hetero) is 1. The molecule has 2 atom stereocenters. The van der Waals surface area contributed by atoms with Crippen LogP contribution in [0.4, 0.5) is 0 Å². The highest BCUT2D eigenvalue weighted by Crippen LogP contribution is 2.15. The maximum atomic E-state index is 11.6. The van der Waals surface area contributed by atoms with Crippen LogP contribution in [-0.4, -0.2) is 22.5 Å². The molecule has 13 heavy (non-hydrogen) atoms. The lowest BCUT2D eigenvalue weighted by Crippen LogP contribution is -2.46. The van der Waals surface area contributed by atoms with E-state index in [4.69, 9.17) is 5.73 Å². The Morgan fingerprint density at radius 3 is 2.31 bits per heavy atom. The lowest BCUT2D eigenvalue weighted by atomic mass is 9.89. The highest BCUT2D eigenvalue weighted by molar-refractivity contribution is 5.91. The van der Waals surface area contributed by atoms with E-state index in [1.54, 1.807) is 6.92 Å². The molecule has 3 heteroatoms. The molecule has 0 unspecified atom stereocenters. The van der Waals surface area contributed by atoms with Crippen LogP contribution in [0.5, 0.6) is 0 Å². The summed E-state index contributed by atoms with van der Waals surface area (Å²) in [5.41, 5.74) is 4.41. The van der Waals surface area contributed by atoms with E-state index < -0.39 is 11.6 Å². The fourth-order valence-electron chi connectivity index (χ4n) is 1.19. The molecule has 3 nitrogen and oxygen atoms in total. The average Bonchev–Trinajstić information content (AvgIpc) is 2.01. The molecular formula is C10H21NO2. The molecule has 0 aromatic carbocycles. The van der Waals surface area contributed by atoms with Crippen LogP contribution in [0.15, 0.2) is 0 Å². The van der Waals surface area contributed by atoms with Crippen LogP contribution < -0.4 is 5.73 Å². The Kier molecular flexibility index (Phi) is 4.57. The first kappa shape index (κ1) is 12.6. The van der Waals surface area contributed by atoms with Crippen LogP contribution in [0.1, 0.15) is 40.5 Å². The van der Waals surface area contributed by atoms with Gasteiger partial charge < -0.3 is 10.8 Å². The van der Waals surface area contributed by atoms with E-state index in [-0.39, 0.29) is 5.78 Å². The smallest absolute Gasteiger partial charge is 0.180 e. The van der Waals surface area contributed by atoms with Gasteiger partial charge in [-0.1, -0.05) is 20.8 Å². The number of rotatable bonds is 5. The second kappa shape index (κ2) is 4.72. The summed E-state index contributed by atoms with van der Waals surface area (Å²) in [6.07, 6.45) is 1.05. The molecule has 0 radical (unpaired) electrons. The zero-order chi connectivity index (χ0) is 10.6. The van der Waals surface area contributed by atoms with Gasteiger partial charge in [0, 0.05) is 0 Å². The summed E-state index contributed by atoms with van der Waals surface area (Å²) in [4.78, 5) is 11.6. The van der Waals surface area contributed by atoms with Crippen LogP contribution in [0.25, 0.3) is 0 Å². The van der Waals surface area contributed by atoms with Crippen molar-refractivity contribution >= 4 is 5.78 Å². The van der Waals surface area contributed by atoms with Gasteiger partial charge in [0.2, 0.25) is 0 Å². The van der Waals surface area contributed by atoms with Crippen molar-refractivity contribution in [2.75, 3.05) is 0 Å². The van der Waals surface area contributed by atoms with Crippen molar-refractivity contribution in [3.05, 3.63) is 0 Å². The van der Waals surface area contributed by atoms with Crippen LogP contribution in [0, 0.1) is 5.92 Å². The van der Waals surface area contributed by atoms with E-state index in [1.807, 2.05) is 13.8 Å². The summed E-state index contributed by atoms with van der Waals surface area (Å²) in [6.45, 7) is 7.32. The molecule has 0 aliphatic heterocycles. The van der Waals surface area contributed by atoms with E-state index >= 15 is 0 Å². The minimum absolute atomic E-state index is 0.247. The molecule has 3 N–H and O–H groups in total. The van der Waals surface area contributed by atoms with Crippen LogP contribution in [0.3, 0.4) is 0 Å². The molecule has 0 aromatic rings. The fraction of sp³-hybridized carbons (Fsp3) is 0.900. The second-order valence-electron chi connectivity index (χ2n) is 4.23. The van der Waals surface area contributed by atoms with Gasteiger partial charge in [-0.25, -0.2) is 0 Å². The van der Waals surface area contributed by atoms with Crippen LogP contribution in [-0.2, 0) is 4.79 Å². The zero-order valence-electron chi connectivity index (χ0n) is 9.00. The maximum Gasteiger partial charge on any atom is 0.180 e. The third-order valence-electron chi connectivity index (χ3n) is 2.28. The molecular weight excluding hydrogens is 166 g/mol. The molecule has 0 aliphatic carbocycles. The maximum absolute atomic E-state index is 11.6. The van der Waals surface area contributed by atoms with Gasteiger partial charge in [-0.05, 0) is 25.7 Å². The molecule has 0 aromatic heterocycles. The van der Waals surface area contributed by atoms with E-state index in [1.165, 1.54) is 6.92 Å². The molecule has 0 aliphatic rings. The summed E-state index contributed by atoms with van der Waals surface area (Å²) in [5.74, 6) is 0.135. The Morgan fingerprint density at radius 2 is 2.00 bits per heavy atom. The number of nitrogens with two attached hydrogens (primary N) is 1. The lowest BCUT2D eigenvalue weighted by Gasteiger charge is -2.24. The van der Waals surface area contributed by atoms with Gasteiger partial charge in [0.15, 0.2) is 5.78 Å². The van der Waals surface area contributed by atoms with Crippen molar-refractivity contribution in [2.45, 2.75) is 52.2 Å². The van der Waals surface area contributed by atoms with E-state index in [2.05, 4.69) is 0 Å². The SMILES string of the molecule is CC[C@@](C)(O)C(=O)[C@@H](N)CC(C)C.